The van der Waals surface area contributed by atoms with Gasteiger partial charge in [0.05, 0.1) is 5.92 Å². The van der Waals surface area contributed by atoms with Gasteiger partial charge < -0.3 is 15.5 Å². The molecule has 1 fully saturated rings. The fourth-order valence-corrected chi connectivity index (χ4v) is 3.12. The van der Waals surface area contributed by atoms with Gasteiger partial charge in [0.15, 0.2) is 0 Å². The Kier molecular flexibility index (Phi) is 5.37. The van der Waals surface area contributed by atoms with E-state index in [0.29, 0.717) is 6.04 Å². The maximum Gasteiger partial charge on any atom is 0.227 e. The molecule has 1 aromatic rings. The number of carbonyl (C=O) groups excluding carboxylic acids is 1. The van der Waals surface area contributed by atoms with Gasteiger partial charge in [-0.15, -0.1) is 0 Å². The third-order valence-corrected chi connectivity index (χ3v) is 4.35. The van der Waals surface area contributed by atoms with Gasteiger partial charge in [0.2, 0.25) is 5.91 Å². The normalized spacial score (nSPS) is 21.6. The maximum atomic E-state index is 12.8. The van der Waals surface area contributed by atoms with Crippen LogP contribution in [0.5, 0.6) is 0 Å². The Balaban J connectivity index is 2.04. The van der Waals surface area contributed by atoms with Gasteiger partial charge in [-0.25, -0.2) is 0 Å². The fourth-order valence-electron chi connectivity index (χ4n) is 3.12. The van der Waals surface area contributed by atoms with E-state index in [1.807, 2.05) is 42.2 Å². The second kappa shape index (κ2) is 7.05. The number of benzene rings is 1. The van der Waals surface area contributed by atoms with Crippen LogP contribution in [0.3, 0.4) is 0 Å². The van der Waals surface area contributed by atoms with Crippen molar-refractivity contribution in [3.63, 3.8) is 0 Å². The van der Waals surface area contributed by atoms with Crippen molar-refractivity contribution in [2.75, 3.05) is 27.2 Å². The van der Waals surface area contributed by atoms with E-state index in [-0.39, 0.29) is 17.9 Å². The summed E-state index contributed by atoms with van der Waals surface area (Å²) in [5.41, 5.74) is 7.33. The van der Waals surface area contributed by atoms with Crippen LogP contribution in [0.15, 0.2) is 30.3 Å². The molecule has 1 aliphatic heterocycles. The fraction of sp³-hybridized carbons (Fsp3) is 0.588. The summed E-state index contributed by atoms with van der Waals surface area (Å²) in [6.45, 7) is 3.74. The predicted molar refractivity (Wildman–Crippen MR) is 85.8 cm³/mol. The molecule has 1 saturated heterocycles. The number of nitrogens with two attached hydrogens (primary N) is 1. The number of likely N-dealkylation sites (tertiary alicyclic amines) is 1. The highest BCUT2D eigenvalue weighted by Gasteiger charge is 2.33. The Bertz CT molecular complexity index is 460. The first-order valence-corrected chi connectivity index (χ1v) is 7.76. The molecule has 4 nitrogen and oxygen atoms in total. The number of amides is 1. The first-order chi connectivity index (χ1) is 10.0. The van der Waals surface area contributed by atoms with Gasteiger partial charge >= 0.3 is 0 Å². The van der Waals surface area contributed by atoms with E-state index in [1.54, 1.807) is 0 Å². The van der Waals surface area contributed by atoms with E-state index in [0.717, 1.165) is 31.5 Å². The zero-order chi connectivity index (χ0) is 15.4. The van der Waals surface area contributed by atoms with Crippen molar-refractivity contribution < 1.29 is 4.79 Å². The minimum absolute atomic E-state index is 0.185. The molecule has 1 amide bonds. The largest absolute Gasteiger partial charge is 0.338 e. The lowest BCUT2D eigenvalue weighted by molar-refractivity contribution is -0.136. The number of carbonyl (C=O) groups is 1. The summed E-state index contributed by atoms with van der Waals surface area (Å²) in [6.07, 6.45) is 2.19. The molecule has 3 unspecified atom stereocenters. The molecule has 3 atom stereocenters. The molecule has 4 heteroatoms. The smallest absolute Gasteiger partial charge is 0.227 e. The minimum Gasteiger partial charge on any atom is -0.338 e. The van der Waals surface area contributed by atoms with Gasteiger partial charge in [-0.05, 0) is 32.5 Å². The monoisotopic (exact) mass is 289 g/mol. The van der Waals surface area contributed by atoms with E-state index < -0.39 is 0 Å². The van der Waals surface area contributed by atoms with Gasteiger partial charge in [0.1, 0.15) is 0 Å². The maximum absolute atomic E-state index is 12.8. The molecule has 1 heterocycles. The third kappa shape index (κ3) is 3.83. The van der Waals surface area contributed by atoms with E-state index in [2.05, 4.69) is 19.0 Å². The number of hydrogen-bond donors (Lipinski definition) is 1. The van der Waals surface area contributed by atoms with Crippen LogP contribution >= 0.6 is 0 Å². The summed E-state index contributed by atoms with van der Waals surface area (Å²) in [4.78, 5) is 17.0. The van der Waals surface area contributed by atoms with Crippen molar-refractivity contribution in [1.82, 2.24) is 9.80 Å². The van der Waals surface area contributed by atoms with Crippen LogP contribution in [-0.2, 0) is 4.79 Å². The highest BCUT2D eigenvalue weighted by molar-refractivity contribution is 5.80. The Morgan fingerprint density at radius 3 is 2.67 bits per heavy atom. The second-order valence-corrected chi connectivity index (χ2v) is 6.32. The molecule has 2 rings (SSSR count). The second-order valence-electron chi connectivity index (χ2n) is 6.32. The Hall–Kier alpha value is -1.39. The summed E-state index contributed by atoms with van der Waals surface area (Å²) in [5, 5.41) is 0. The van der Waals surface area contributed by atoms with Crippen LogP contribution in [0.4, 0.5) is 0 Å². The molecule has 2 N–H and O–H groups in total. The number of hydrogen-bond acceptors (Lipinski definition) is 3. The van der Waals surface area contributed by atoms with Gasteiger partial charge in [0, 0.05) is 25.2 Å². The van der Waals surface area contributed by atoms with Crippen molar-refractivity contribution in [3.8, 4) is 0 Å². The van der Waals surface area contributed by atoms with Crippen molar-refractivity contribution in [3.05, 3.63) is 35.9 Å². The summed E-state index contributed by atoms with van der Waals surface area (Å²) in [6, 6.07) is 9.99. The van der Waals surface area contributed by atoms with Crippen LogP contribution in [-0.4, -0.2) is 48.9 Å². The van der Waals surface area contributed by atoms with Crippen molar-refractivity contribution >= 4 is 5.91 Å². The highest BCUT2D eigenvalue weighted by Crippen LogP contribution is 2.26. The topological polar surface area (TPSA) is 49.6 Å². The van der Waals surface area contributed by atoms with E-state index >= 15 is 0 Å². The van der Waals surface area contributed by atoms with Gasteiger partial charge in [-0.3, -0.25) is 4.79 Å². The van der Waals surface area contributed by atoms with Crippen LogP contribution in [0.1, 0.15) is 31.4 Å². The molecule has 1 aromatic carbocycles. The quantitative estimate of drug-likeness (QED) is 0.900. The van der Waals surface area contributed by atoms with Gasteiger partial charge in [-0.1, -0.05) is 37.3 Å². The van der Waals surface area contributed by atoms with Crippen molar-refractivity contribution in [2.45, 2.75) is 31.8 Å². The molecular formula is C17H27N3O. The number of likely N-dealkylation sites (N-methyl/N-ethyl adjacent to an activating group) is 1. The molecule has 0 spiro atoms. The molecule has 0 bridgehead atoms. The third-order valence-electron chi connectivity index (χ3n) is 4.35. The standard InChI is InChI=1S/C17H27N3O/c1-13(16(18)14-8-5-4-6-9-14)17(21)20-11-7-10-15(20)12-19(2)3/h4-6,8-9,13,15-16H,7,10-12,18H2,1-3H3. The lowest BCUT2D eigenvalue weighted by Gasteiger charge is -2.31. The van der Waals surface area contributed by atoms with Crippen LogP contribution < -0.4 is 5.73 Å². The van der Waals surface area contributed by atoms with E-state index in [9.17, 15) is 4.79 Å². The van der Waals surface area contributed by atoms with E-state index in [4.69, 9.17) is 5.73 Å². The Labute approximate surface area is 127 Å². The molecule has 0 aromatic heterocycles. The number of nitrogens with zero attached hydrogens (tertiary/aromatic N) is 2. The molecule has 116 valence electrons. The first kappa shape index (κ1) is 16.0. The lowest BCUT2D eigenvalue weighted by Crippen LogP contribution is -2.45. The summed E-state index contributed by atoms with van der Waals surface area (Å²) < 4.78 is 0. The van der Waals surface area contributed by atoms with Gasteiger partial charge in [-0.2, -0.15) is 0 Å². The lowest BCUT2D eigenvalue weighted by atomic mass is 9.94. The molecule has 0 radical (unpaired) electrons. The molecule has 0 saturated carbocycles. The summed E-state index contributed by atoms with van der Waals surface area (Å²) >= 11 is 0. The molecule has 0 aliphatic carbocycles. The first-order valence-electron chi connectivity index (χ1n) is 7.76. The average Bonchev–Trinajstić information content (AvgIpc) is 2.93. The Morgan fingerprint density at radius 2 is 2.05 bits per heavy atom. The summed E-state index contributed by atoms with van der Waals surface area (Å²) in [5.74, 6) is 0.00543. The zero-order valence-corrected chi connectivity index (χ0v) is 13.3. The van der Waals surface area contributed by atoms with Crippen molar-refractivity contribution in [2.24, 2.45) is 11.7 Å². The van der Waals surface area contributed by atoms with E-state index in [1.165, 1.54) is 0 Å². The van der Waals surface area contributed by atoms with Crippen molar-refractivity contribution in [1.29, 1.82) is 0 Å². The molecule has 21 heavy (non-hydrogen) atoms. The van der Waals surface area contributed by atoms with Crippen LogP contribution in [0.2, 0.25) is 0 Å². The zero-order valence-electron chi connectivity index (χ0n) is 13.3. The van der Waals surface area contributed by atoms with Crippen LogP contribution in [0, 0.1) is 5.92 Å². The predicted octanol–water partition coefficient (Wildman–Crippen LogP) is 1.88. The average molecular weight is 289 g/mol. The molecular weight excluding hydrogens is 262 g/mol. The van der Waals surface area contributed by atoms with Gasteiger partial charge in [0.25, 0.3) is 0 Å². The summed E-state index contributed by atoms with van der Waals surface area (Å²) in [7, 11) is 4.11. The number of rotatable bonds is 5. The highest BCUT2D eigenvalue weighted by atomic mass is 16.2. The molecule has 1 aliphatic rings. The Morgan fingerprint density at radius 1 is 1.38 bits per heavy atom. The van der Waals surface area contributed by atoms with Crippen LogP contribution in [0.25, 0.3) is 0 Å². The minimum atomic E-state index is -0.237. The SMILES string of the molecule is CC(C(=O)N1CCCC1CN(C)C)C(N)c1ccccc1.